The van der Waals surface area contributed by atoms with Gasteiger partial charge in [0.25, 0.3) is 0 Å². The standard InChI is InChI=1S/C7H12N2S.C6H6O.BrH/c1-2-3-4-6-5-10-7(8)9-6;7-6-4-2-1-3-5-6;/h5H,2-4H2,1H3,(H2,8,9);1-5,7H;1H. The topological polar surface area (TPSA) is 59.1 Å². The number of para-hydroxylation sites is 1. The largest absolute Gasteiger partial charge is 0.508 e. The van der Waals surface area contributed by atoms with Crippen LogP contribution in [0.25, 0.3) is 0 Å². The van der Waals surface area contributed by atoms with Crippen molar-refractivity contribution in [2.75, 3.05) is 5.73 Å². The third-order valence-corrected chi connectivity index (χ3v) is 2.83. The lowest BCUT2D eigenvalue weighted by Crippen LogP contribution is -1.86. The summed E-state index contributed by atoms with van der Waals surface area (Å²) in [5, 5.41) is 11.4. The molecule has 0 bridgehead atoms. The molecule has 2 rings (SSSR count). The number of unbranched alkanes of at least 4 members (excludes halogenated alkanes) is 1. The number of hydrogen-bond acceptors (Lipinski definition) is 4. The van der Waals surface area contributed by atoms with E-state index in [1.807, 2.05) is 11.4 Å². The molecule has 0 saturated heterocycles. The summed E-state index contributed by atoms with van der Waals surface area (Å²) in [7, 11) is 0. The van der Waals surface area contributed by atoms with Gasteiger partial charge in [-0.05, 0) is 25.0 Å². The molecule has 0 atom stereocenters. The number of phenolic OH excluding ortho intramolecular Hbond substituents is 1. The Kier molecular flexibility index (Phi) is 9.32. The average molecular weight is 331 g/mol. The van der Waals surface area contributed by atoms with E-state index in [9.17, 15) is 0 Å². The first-order valence-electron chi connectivity index (χ1n) is 5.66. The van der Waals surface area contributed by atoms with E-state index in [0.717, 1.165) is 12.1 Å². The quantitative estimate of drug-likeness (QED) is 0.892. The smallest absolute Gasteiger partial charge is 0.180 e. The van der Waals surface area contributed by atoms with Crippen LogP contribution < -0.4 is 5.73 Å². The molecule has 100 valence electrons. The van der Waals surface area contributed by atoms with Crippen molar-refractivity contribution in [1.29, 1.82) is 0 Å². The molecule has 1 aromatic carbocycles. The summed E-state index contributed by atoms with van der Waals surface area (Å²) in [4.78, 5) is 4.14. The summed E-state index contributed by atoms with van der Waals surface area (Å²) in [5.74, 6) is 0.322. The molecule has 0 amide bonds. The highest BCUT2D eigenvalue weighted by Crippen LogP contribution is 2.12. The first kappa shape index (κ1) is 16.9. The van der Waals surface area contributed by atoms with E-state index < -0.39 is 0 Å². The van der Waals surface area contributed by atoms with Crippen LogP contribution >= 0.6 is 28.3 Å². The van der Waals surface area contributed by atoms with Gasteiger partial charge in [-0.25, -0.2) is 4.98 Å². The zero-order valence-corrected chi connectivity index (χ0v) is 12.9. The van der Waals surface area contributed by atoms with Crippen LogP contribution in [0, 0.1) is 0 Å². The predicted molar refractivity (Wildman–Crippen MR) is 83.6 cm³/mol. The molecule has 0 aliphatic carbocycles. The molecule has 18 heavy (non-hydrogen) atoms. The second-order valence-corrected chi connectivity index (χ2v) is 4.51. The number of thiazole rings is 1. The Labute approximate surface area is 122 Å². The second kappa shape index (κ2) is 9.91. The number of nitrogens with zero attached hydrogens (tertiary/aromatic N) is 1. The van der Waals surface area contributed by atoms with Crippen LogP contribution in [0.2, 0.25) is 0 Å². The molecular weight excluding hydrogens is 312 g/mol. The average Bonchev–Trinajstić information content (AvgIpc) is 2.74. The Hall–Kier alpha value is -1.07. The van der Waals surface area contributed by atoms with Crippen molar-refractivity contribution in [1.82, 2.24) is 4.98 Å². The molecule has 0 saturated carbocycles. The maximum Gasteiger partial charge on any atom is 0.180 e. The summed E-state index contributed by atoms with van der Waals surface area (Å²) in [6.07, 6.45) is 3.50. The number of aryl methyl sites for hydroxylation is 1. The number of nitrogens with two attached hydrogens (primary N) is 1. The van der Waals surface area contributed by atoms with Crippen molar-refractivity contribution in [2.45, 2.75) is 26.2 Å². The molecule has 2 aromatic rings. The van der Waals surface area contributed by atoms with Crippen molar-refractivity contribution in [2.24, 2.45) is 0 Å². The normalized spacial score (nSPS) is 8.94. The summed E-state index contributed by atoms with van der Waals surface area (Å²) in [6.45, 7) is 2.18. The van der Waals surface area contributed by atoms with Gasteiger partial charge in [0.05, 0.1) is 5.69 Å². The van der Waals surface area contributed by atoms with E-state index >= 15 is 0 Å². The number of rotatable bonds is 3. The highest BCUT2D eigenvalue weighted by atomic mass is 79.9. The van der Waals surface area contributed by atoms with Crippen LogP contribution in [-0.4, -0.2) is 10.1 Å². The van der Waals surface area contributed by atoms with Crippen LogP contribution in [0.1, 0.15) is 25.5 Å². The summed E-state index contributed by atoms with van der Waals surface area (Å²) in [6, 6.07) is 8.71. The van der Waals surface area contributed by atoms with Crippen molar-refractivity contribution in [3.8, 4) is 5.75 Å². The number of hydrogen-bond donors (Lipinski definition) is 2. The van der Waals surface area contributed by atoms with E-state index in [4.69, 9.17) is 10.8 Å². The van der Waals surface area contributed by atoms with Crippen LogP contribution in [0.5, 0.6) is 5.75 Å². The molecule has 0 radical (unpaired) electrons. The molecule has 1 heterocycles. The van der Waals surface area contributed by atoms with E-state index in [1.165, 1.54) is 24.2 Å². The monoisotopic (exact) mass is 330 g/mol. The number of anilines is 1. The minimum Gasteiger partial charge on any atom is -0.508 e. The summed E-state index contributed by atoms with van der Waals surface area (Å²) in [5.41, 5.74) is 6.60. The molecule has 3 nitrogen and oxygen atoms in total. The number of benzene rings is 1. The Balaban J connectivity index is 0.000000321. The van der Waals surface area contributed by atoms with Crippen molar-refractivity contribution in [3.05, 3.63) is 41.4 Å². The fourth-order valence-corrected chi connectivity index (χ4v) is 1.82. The van der Waals surface area contributed by atoms with E-state index in [-0.39, 0.29) is 17.0 Å². The highest BCUT2D eigenvalue weighted by Gasteiger charge is 1.95. The Bertz CT molecular complexity index is 420. The Morgan fingerprint density at radius 1 is 1.28 bits per heavy atom. The molecule has 5 heteroatoms. The van der Waals surface area contributed by atoms with Gasteiger partial charge in [0.15, 0.2) is 5.13 Å². The lowest BCUT2D eigenvalue weighted by atomic mass is 10.2. The molecule has 0 unspecified atom stereocenters. The second-order valence-electron chi connectivity index (χ2n) is 3.62. The molecule has 0 fully saturated rings. The first-order chi connectivity index (χ1) is 8.22. The van der Waals surface area contributed by atoms with Gasteiger partial charge in [-0.15, -0.1) is 28.3 Å². The van der Waals surface area contributed by atoms with Gasteiger partial charge < -0.3 is 10.8 Å². The molecule has 0 aliphatic heterocycles. The minimum absolute atomic E-state index is 0. The maximum atomic E-state index is 8.63. The van der Waals surface area contributed by atoms with Gasteiger partial charge >= 0.3 is 0 Å². The minimum atomic E-state index is 0. The van der Waals surface area contributed by atoms with Crippen molar-refractivity contribution in [3.63, 3.8) is 0 Å². The highest BCUT2D eigenvalue weighted by molar-refractivity contribution is 8.93. The number of aromatic nitrogens is 1. The molecule has 0 spiro atoms. The molecule has 1 aromatic heterocycles. The van der Waals surface area contributed by atoms with Crippen LogP contribution in [0.15, 0.2) is 35.7 Å². The van der Waals surface area contributed by atoms with Gasteiger partial charge in [-0.2, -0.15) is 0 Å². The Morgan fingerprint density at radius 3 is 2.33 bits per heavy atom. The first-order valence-corrected chi connectivity index (χ1v) is 6.54. The lowest BCUT2D eigenvalue weighted by molar-refractivity contribution is 0.475. The summed E-state index contributed by atoms with van der Waals surface area (Å²) < 4.78 is 0. The fraction of sp³-hybridized carbons (Fsp3) is 0.308. The maximum absolute atomic E-state index is 8.63. The summed E-state index contributed by atoms with van der Waals surface area (Å²) >= 11 is 1.52. The third-order valence-electron chi connectivity index (χ3n) is 2.11. The van der Waals surface area contributed by atoms with Gasteiger partial charge in [0.2, 0.25) is 0 Å². The zero-order chi connectivity index (χ0) is 12.5. The SMILES string of the molecule is Br.CCCCc1csc(N)n1.Oc1ccccc1. The van der Waals surface area contributed by atoms with Crippen LogP contribution in [0.3, 0.4) is 0 Å². The fourth-order valence-electron chi connectivity index (χ4n) is 1.22. The third kappa shape index (κ3) is 7.29. The number of halogens is 1. The van der Waals surface area contributed by atoms with Crippen molar-refractivity contribution >= 4 is 33.4 Å². The van der Waals surface area contributed by atoms with E-state index in [0.29, 0.717) is 10.9 Å². The number of aromatic hydroxyl groups is 1. The van der Waals surface area contributed by atoms with Gasteiger partial charge in [-0.1, -0.05) is 31.5 Å². The molecule has 0 aliphatic rings. The van der Waals surface area contributed by atoms with Crippen LogP contribution in [0.4, 0.5) is 5.13 Å². The molecular formula is C13H19BrN2OS. The lowest BCUT2D eigenvalue weighted by Gasteiger charge is -1.90. The predicted octanol–water partition coefficient (Wildman–Crippen LogP) is 4.04. The number of nitrogen functional groups attached to an aromatic ring is 1. The molecule has 3 N–H and O–H groups in total. The van der Waals surface area contributed by atoms with Crippen molar-refractivity contribution < 1.29 is 5.11 Å². The van der Waals surface area contributed by atoms with Gasteiger partial charge in [0.1, 0.15) is 5.75 Å². The van der Waals surface area contributed by atoms with Gasteiger partial charge in [0, 0.05) is 5.38 Å². The zero-order valence-electron chi connectivity index (χ0n) is 10.4. The van der Waals surface area contributed by atoms with E-state index in [2.05, 4.69) is 11.9 Å². The van der Waals surface area contributed by atoms with Gasteiger partial charge in [-0.3, -0.25) is 0 Å². The Morgan fingerprint density at radius 2 is 1.94 bits per heavy atom. The van der Waals surface area contributed by atoms with Crippen LogP contribution in [-0.2, 0) is 6.42 Å². The number of phenols is 1. The van der Waals surface area contributed by atoms with E-state index in [1.54, 1.807) is 24.3 Å².